The highest BCUT2D eigenvalue weighted by atomic mass is 16.6. The van der Waals surface area contributed by atoms with Gasteiger partial charge in [-0.1, -0.05) is 12.1 Å². The first-order valence-corrected chi connectivity index (χ1v) is 5.77. The number of nitrogens with one attached hydrogen (secondary N) is 1. The van der Waals surface area contributed by atoms with Crippen molar-refractivity contribution < 1.29 is 14.6 Å². The molecule has 100 valence electrons. The van der Waals surface area contributed by atoms with E-state index in [1.807, 2.05) is 0 Å². The molecule has 0 spiro atoms. The molecule has 1 rings (SSSR count). The number of aliphatic hydroxyl groups excluding tert-OH is 1. The Balaban J connectivity index is 2.68. The van der Waals surface area contributed by atoms with E-state index in [0.29, 0.717) is 5.69 Å². The number of carbonyl (C=O) groups excluding carboxylic acids is 1. The average molecular weight is 252 g/mol. The van der Waals surface area contributed by atoms with Crippen LogP contribution in [0, 0.1) is 0 Å². The maximum Gasteiger partial charge on any atom is 0.408 e. The van der Waals surface area contributed by atoms with Crippen LogP contribution < -0.4 is 11.1 Å². The van der Waals surface area contributed by atoms with Crippen LogP contribution in [0.15, 0.2) is 24.3 Å². The molecule has 0 saturated heterocycles. The monoisotopic (exact) mass is 252 g/mol. The van der Waals surface area contributed by atoms with Crippen molar-refractivity contribution >= 4 is 11.8 Å². The minimum Gasteiger partial charge on any atom is -0.444 e. The third kappa shape index (κ3) is 4.63. The quantitative estimate of drug-likeness (QED) is 0.716. The number of ether oxygens (including phenoxy) is 1. The third-order valence-electron chi connectivity index (χ3n) is 2.21. The Labute approximate surface area is 107 Å². The van der Waals surface area contributed by atoms with Crippen LogP contribution in [-0.4, -0.2) is 23.4 Å². The maximum absolute atomic E-state index is 11.6. The van der Waals surface area contributed by atoms with Gasteiger partial charge < -0.3 is 20.9 Å². The molecule has 0 aliphatic heterocycles. The van der Waals surface area contributed by atoms with E-state index in [9.17, 15) is 9.90 Å². The second kappa shape index (κ2) is 5.73. The molecule has 0 heterocycles. The van der Waals surface area contributed by atoms with E-state index in [-0.39, 0.29) is 6.61 Å². The fourth-order valence-electron chi connectivity index (χ4n) is 1.41. The Hall–Kier alpha value is -1.75. The molecule has 4 N–H and O–H groups in total. The van der Waals surface area contributed by atoms with Crippen LogP contribution in [0.2, 0.25) is 0 Å². The summed E-state index contributed by atoms with van der Waals surface area (Å²) >= 11 is 0. The minimum atomic E-state index is -0.564. The highest BCUT2D eigenvalue weighted by Crippen LogP contribution is 2.15. The fraction of sp³-hybridized carbons (Fsp3) is 0.462. The number of carbonyl (C=O) groups is 1. The number of hydrogen-bond acceptors (Lipinski definition) is 4. The zero-order chi connectivity index (χ0) is 13.8. The Morgan fingerprint density at radius 1 is 1.39 bits per heavy atom. The molecule has 0 saturated carbocycles. The van der Waals surface area contributed by atoms with Crippen LogP contribution in [0.5, 0.6) is 0 Å². The number of benzene rings is 1. The van der Waals surface area contributed by atoms with Crippen molar-refractivity contribution in [2.75, 3.05) is 12.3 Å². The Morgan fingerprint density at radius 3 is 2.39 bits per heavy atom. The summed E-state index contributed by atoms with van der Waals surface area (Å²) in [5, 5.41) is 11.9. The van der Waals surface area contributed by atoms with Gasteiger partial charge in [-0.25, -0.2) is 4.79 Å². The molecule has 18 heavy (non-hydrogen) atoms. The Morgan fingerprint density at radius 2 is 1.94 bits per heavy atom. The van der Waals surface area contributed by atoms with Gasteiger partial charge in [0, 0.05) is 5.69 Å². The van der Waals surface area contributed by atoms with Crippen molar-refractivity contribution in [1.82, 2.24) is 5.32 Å². The second-order valence-corrected chi connectivity index (χ2v) is 5.05. The molecule has 1 aromatic carbocycles. The number of alkyl carbamates (subject to hydrolysis) is 1. The molecule has 0 aliphatic rings. The smallest absolute Gasteiger partial charge is 0.408 e. The van der Waals surface area contributed by atoms with Crippen molar-refractivity contribution in [2.45, 2.75) is 32.4 Å². The van der Waals surface area contributed by atoms with E-state index >= 15 is 0 Å². The molecule has 1 atom stereocenters. The Kier molecular flexibility index (Phi) is 4.55. The number of hydrogen-bond donors (Lipinski definition) is 3. The van der Waals surface area contributed by atoms with E-state index in [1.54, 1.807) is 45.0 Å². The standard InChI is InChI=1S/C13H20N2O3/c1-13(2,3)18-12(17)15-11(8-16)9-4-6-10(14)7-5-9/h4-7,11,16H,8,14H2,1-3H3,(H,15,17). The van der Waals surface area contributed by atoms with Gasteiger partial charge in [0.05, 0.1) is 12.6 Å². The van der Waals surface area contributed by atoms with Crippen molar-refractivity contribution in [3.63, 3.8) is 0 Å². The lowest BCUT2D eigenvalue weighted by atomic mass is 10.1. The highest BCUT2D eigenvalue weighted by molar-refractivity contribution is 5.68. The van der Waals surface area contributed by atoms with Crippen LogP contribution in [-0.2, 0) is 4.74 Å². The zero-order valence-electron chi connectivity index (χ0n) is 10.9. The second-order valence-electron chi connectivity index (χ2n) is 5.05. The Bertz CT molecular complexity index is 396. The molecular formula is C13H20N2O3. The van der Waals surface area contributed by atoms with Crippen LogP contribution in [0.1, 0.15) is 32.4 Å². The topological polar surface area (TPSA) is 84.6 Å². The lowest BCUT2D eigenvalue weighted by Crippen LogP contribution is -2.36. The normalized spacial score (nSPS) is 12.9. The first-order valence-electron chi connectivity index (χ1n) is 5.77. The number of nitrogen functional groups attached to an aromatic ring is 1. The van der Waals surface area contributed by atoms with Gasteiger partial charge in [-0.2, -0.15) is 0 Å². The van der Waals surface area contributed by atoms with Crippen LogP contribution in [0.3, 0.4) is 0 Å². The van der Waals surface area contributed by atoms with Gasteiger partial charge in [0.15, 0.2) is 0 Å². The molecule has 0 bridgehead atoms. The van der Waals surface area contributed by atoms with Crippen molar-refractivity contribution in [1.29, 1.82) is 0 Å². The molecule has 1 amide bonds. The number of aliphatic hydroxyl groups is 1. The number of nitrogens with two attached hydrogens (primary N) is 1. The summed E-state index contributed by atoms with van der Waals surface area (Å²) in [7, 11) is 0. The van der Waals surface area contributed by atoms with Crippen LogP contribution in [0.4, 0.5) is 10.5 Å². The summed E-state index contributed by atoms with van der Waals surface area (Å²) in [6, 6.07) is 6.45. The van der Waals surface area contributed by atoms with Crippen LogP contribution >= 0.6 is 0 Å². The van der Waals surface area contributed by atoms with Crippen molar-refractivity contribution in [3.8, 4) is 0 Å². The van der Waals surface area contributed by atoms with Crippen molar-refractivity contribution in [2.24, 2.45) is 0 Å². The zero-order valence-corrected chi connectivity index (χ0v) is 10.9. The SMILES string of the molecule is CC(C)(C)OC(=O)NC(CO)c1ccc(N)cc1. The van der Waals surface area contributed by atoms with Gasteiger partial charge in [-0.05, 0) is 38.5 Å². The van der Waals surface area contributed by atoms with Gasteiger partial charge in [0.1, 0.15) is 5.60 Å². The lowest BCUT2D eigenvalue weighted by molar-refractivity contribution is 0.0482. The van der Waals surface area contributed by atoms with Crippen LogP contribution in [0.25, 0.3) is 0 Å². The summed E-state index contributed by atoms with van der Waals surface area (Å²) in [5.74, 6) is 0. The molecule has 5 nitrogen and oxygen atoms in total. The molecule has 0 aliphatic carbocycles. The summed E-state index contributed by atoms with van der Waals surface area (Å²) in [6.07, 6.45) is -0.557. The molecule has 0 fully saturated rings. The molecule has 0 aromatic heterocycles. The number of amides is 1. The number of anilines is 1. The first kappa shape index (κ1) is 14.3. The first-order chi connectivity index (χ1) is 8.31. The highest BCUT2D eigenvalue weighted by Gasteiger charge is 2.19. The van der Waals surface area contributed by atoms with E-state index < -0.39 is 17.7 Å². The predicted octanol–water partition coefficient (Wildman–Crippen LogP) is 1.83. The molecule has 1 unspecified atom stereocenters. The van der Waals surface area contributed by atoms with Gasteiger partial charge >= 0.3 is 6.09 Å². The van der Waals surface area contributed by atoms with Gasteiger partial charge in [0.25, 0.3) is 0 Å². The molecule has 5 heteroatoms. The third-order valence-corrected chi connectivity index (χ3v) is 2.21. The maximum atomic E-state index is 11.6. The molecule has 1 aromatic rings. The summed E-state index contributed by atoms with van der Waals surface area (Å²) in [5.41, 5.74) is 6.42. The lowest BCUT2D eigenvalue weighted by Gasteiger charge is -2.23. The number of rotatable bonds is 3. The largest absolute Gasteiger partial charge is 0.444 e. The molecular weight excluding hydrogens is 232 g/mol. The van der Waals surface area contributed by atoms with E-state index in [0.717, 1.165) is 5.56 Å². The summed E-state index contributed by atoms with van der Waals surface area (Å²) in [4.78, 5) is 11.6. The van der Waals surface area contributed by atoms with Gasteiger partial charge in [-0.15, -0.1) is 0 Å². The molecule has 0 radical (unpaired) electrons. The summed E-state index contributed by atoms with van der Waals surface area (Å²) in [6.45, 7) is 5.14. The van der Waals surface area contributed by atoms with E-state index in [4.69, 9.17) is 10.5 Å². The van der Waals surface area contributed by atoms with Gasteiger partial charge in [-0.3, -0.25) is 0 Å². The van der Waals surface area contributed by atoms with E-state index in [1.165, 1.54) is 0 Å². The van der Waals surface area contributed by atoms with Crippen molar-refractivity contribution in [3.05, 3.63) is 29.8 Å². The van der Waals surface area contributed by atoms with Gasteiger partial charge in [0.2, 0.25) is 0 Å². The van der Waals surface area contributed by atoms with E-state index in [2.05, 4.69) is 5.32 Å². The average Bonchev–Trinajstić information content (AvgIpc) is 2.25. The summed E-state index contributed by atoms with van der Waals surface area (Å²) < 4.78 is 5.13. The predicted molar refractivity (Wildman–Crippen MR) is 70.1 cm³/mol. The fourth-order valence-corrected chi connectivity index (χ4v) is 1.41. The minimum absolute atomic E-state index is 0.205.